The molecule has 0 radical (unpaired) electrons. The van der Waals surface area contributed by atoms with Crippen LogP contribution in [0.15, 0.2) is 24.3 Å². The van der Waals surface area contributed by atoms with Crippen molar-refractivity contribution < 1.29 is 4.74 Å². The second-order valence-electron chi connectivity index (χ2n) is 6.58. The topological polar surface area (TPSA) is 21.3 Å². The summed E-state index contributed by atoms with van der Waals surface area (Å²) >= 11 is 0. The van der Waals surface area contributed by atoms with Gasteiger partial charge in [-0.2, -0.15) is 0 Å². The first-order valence-corrected chi connectivity index (χ1v) is 7.98. The second-order valence-corrected chi connectivity index (χ2v) is 6.58. The quantitative estimate of drug-likeness (QED) is 0.807. The van der Waals surface area contributed by atoms with Crippen LogP contribution in [0.3, 0.4) is 0 Å². The maximum absolute atomic E-state index is 5.60. The van der Waals surface area contributed by atoms with Gasteiger partial charge in [-0.1, -0.05) is 51.8 Å². The van der Waals surface area contributed by atoms with E-state index in [4.69, 9.17) is 4.74 Å². The summed E-state index contributed by atoms with van der Waals surface area (Å²) in [5.74, 6) is 1.94. The summed E-state index contributed by atoms with van der Waals surface area (Å²) in [6.07, 6.45) is 5.24. The Balaban J connectivity index is 2.19. The zero-order chi connectivity index (χ0) is 14.6. The third kappa shape index (κ3) is 3.17. The van der Waals surface area contributed by atoms with Crippen molar-refractivity contribution in [3.8, 4) is 5.75 Å². The first kappa shape index (κ1) is 15.4. The molecule has 1 aliphatic rings. The van der Waals surface area contributed by atoms with Crippen LogP contribution in [0.5, 0.6) is 5.75 Å². The number of hydrogen-bond acceptors (Lipinski definition) is 2. The molecule has 112 valence electrons. The number of benzene rings is 1. The van der Waals surface area contributed by atoms with E-state index >= 15 is 0 Å². The molecule has 20 heavy (non-hydrogen) atoms. The standard InChI is InChI=1S/C18H29NO/c1-5-8-15-11-18(12-15,13-19-14(2)3)16-9-6-7-10-17(16)20-4/h6-7,9-10,14-15,19H,5,8,11-13H2,1-4H3. The van der Waals surface area contributed by atoms with Crippen molar-refractivity contribution in [1.82, 2.24) is 5.32 Å². The molecule has 1 aromatic rings. The molecule has 2 rings (SSSR count). The lowest BCUT2D eigenvalue weighted by Gasteiger charge is -2.49. The van der Waals surface area contributed by atoms with Gasteiger partial charge in [-0.05, 0) is 24.8 Å². The summed E-state index contributed by atoms with van der Waals surface area (Å²) in [4.78, 5) is 0. The molecule has 1 aliphatic carbocycles. The Labute approximate surface area is 123 Å². The van der Waals surface area contributed by atoms with E-state index in [9.17, 15) is 0 Å². The Bertz CT molecular complexity index is 421. The van der Waals surface area contributed by atoms with Crippen LogP contribution in [0.25, 0.3) is 0 Å². The molecule has 0 atom stereocenters. The Morgan fingerprint density at radius 1 is 1.30 bits per heavy atom. The van der Waals surface area contributed by atoms with E-state index < -0.39 is 0 Å². The van der Waals surface area contributed by atoms with Gasteiger partial charge < -0.3 is 10.1 Å². The van der Waals surface area contributed by atoms with Crippen molar-refractivity contribution in [2.75, 3.05) is 13.7 Å². The molecule has 1 fully saturated rings. The fourth-order valence-corrected chi connectivity index (χ4v) is 3.60. The van der Waals surface area contributed by atoms with Crippen molar-refractivity contribution >= 4 is 0 Å². The maximum atomic E-state index is 5.60. The number of rotatable bonds is 7. The van der Waals surface area contributed by atoms with Crippen LogP contribution < -0.4 is 10.1 Å². The van der Waals surface area contributed by atoms with E-state index in [-0.39, 0.29) is 5.41 Å². The van der Waals surface area contributed by atoms with Crippen LogP contribution in [0, 0.1) is 5.92 Å². The minimum absolute atomic E-state index is 0.275. The van der Waals surface area contributed by atoms with Crippen molar-refractivity contribution in [3.63, 3.8) is 0 Å². The van der Waals surface area contributed by atoms with Crippen LogP contribution in [-0.2, 0) is 5.41 Å². The highest BCUT2D eigenvalue weighted by molar-refractivity contribution is 5.42. The van der Waals surface area contributed by atoms with Crippen LogP contribution in [0.2, 0.25) is 0 Å². The predicted molar refractivity (Wildman–Crippen MR) is 85.4 cm³/mol. The van der Waals surface area contributed by atoms with Crippen molar-refractivity contribution in [2.24, 2.45) is 5.92 Å². The molecule has 2 heteroatoms. The molecule has 0 unspecified atom stereocenters. The molecular weight excluding hydrogens is 246 g/mol. The molecular formula is C18H29NO. The van der Waals surface area contributed by atoms with Gasteiger partial charge in [-0.3, -0.25) is 0 Å². The average molecular weight is 275 g/mol. The molecule has 0 bridgehead atoms. The molecule has 1 N–H and O–H groups in total. The van der Waals surface area contributed by atoms with Gasteiger partial charge in [-0.15, -0.1) is 0 Å². The van der Waals surface area contributed by atoms with Gasteiger partial charge in [0, 0.05) is 23.6 Å². The van der Waals surface area contributed by atoms with E-state index in [0.29, 0.717) is 6.04 Å². The second kappa shape index (κ2) is 6.62. The van der Waals surface area contributed by atoms with Crippen LogP contribution in [0.4, 0.5) is 0 Å². The highest BCUT2D eigenvalue weighted by atomic mass is 16.5. The van der Waals surface area contributed by atoms with E-state index in [2.05, 4.69) is 50.4 Å². The van der Waals surface area contributed by atoms with Crippen molar-refractivity contribution in [1.29, 1.82) is 0 Å². The number of ether oxygens (including phenoxy) is 1. The fourth-order valence-electron chi connectivity index (χ4n) is 3.60. The maximum Gasteiger partial charge on any atom is 0.122 e. The fraction of sp³-hybridized carbons (Fsp3) is 0.667. The summed E-state index contributed by atoms with van der Waals surface area (Å²) in [5, 5.41) is 3.65. The molecule has 0 saturated heterocycles. The smallest absolute Gasteiger partial charge is 0.122 e. The number of para-hydroxylation sites is 1. The summed E-state index contributed by atoms with van der Waals surface area (Å²) in [6, 6.07) is 9.09. The number of nitrogens with one attached hydrogen (secondary N) is 1. The Hall–Kier alpha value is -1.02. The van der Waals surface area contributed by atoms with Gasteiger partial charge >= 0.3 is 0 Å². The summed E-state index contributed by atoms with van der Waals surface area (Å²) in [5.41, 5.74) is 1.67. The molecule has 0 heterocycles. The SMILES string of the molecule is CCCC1CC(CNC(C)C)(c2ccccc2OC)C1. The average Bonchev–Trinajstić information content (AvgIpc) is 2.41. The predicted octanol–water partition coefficient (Wildman–Crippen LogP) is 4.14. The van der Waals surface area contributed by atoms with Crippen LogP contribution >= 0.6 is 0 Å². The van der Waals surface area contributed by atoms with E-state index in [1.807, 2.05) is 0 Å². The van der Waals surface area contributed by atoms with E-state index in [1.54, 1.807) is 7.11 Å². The van der Waals surface area contributed by atoms with Crippen molar-refractivity contribution in [3.05, 3.63) is 29.8 Å². The molecule has 1 saturated carbocycles. The molecule has 0 spiro atoms. The largest absolute Gasteiger partial charge is 0.496 e. The third-order valence-corrected chi connectivity index (χ3v) is 4.58. The summed E-state index contributed by atoms with van der Waals surface area (Å²) < 4.78 is 5.60. The van der Waals surface area contributed by atoms with Gasteiger partial charge in [0.05, 0.1) is 7.11 Å². The minimum Gasteiger partial charge on any atom is -0.496 e. The lowest BCUT2D eigenvalue weighted by Crippen LogP contribution is -2.50. The first-order chi connectivity index (χ1) is 9.61. The molecule has 0 aliphatic heterocycles. The summed E-state index contributed by atoms with van der Waals surface area (Å²) in [7, 11) is 1.78. The van der Waals surface area contributed by atoms with Crippen LogP contribution in [-0.4, -0.2) is 19.7 Å². The Kier molecular flexibility index (Phi) is 5.09. The lowest BCUT2D eigenvalue weighted by atomic mass is 9.57. The Morgan fingerprint density at radius 2 is 2.00 bits per heavy atom. The van der Waals surface area contributed by atoms with Gasteiger partial charge in [0.15, 0.2) is 0 Å². The van der Waals surface area contributed by atoms with Gasteiger partial charge in [-0.25, -0.2) is 0 Å². The first-order valence-electron chi connectivity index (χ1n) is 7.98. The zero-order valence-corrected chi connectivity index (χ0v) is 13.4. The van der Waals surface area contributed by atoms with Crippen molar-refractivity contribution in [2.45, 2.75) is 57.9 Å². The van der Waals surface area contributed by atoms with Gasteiger partial charge in [0.25, 0.3) is 0 Å². The minimum atomic E-state index is 0.275. The monoisotopic (exact) mass is 275 g/mol. The van der Waals surface area contributed by atoms with E-state index in [1.165, 1.54) is 31.2 Å². The lowest BCUT2D eigenvalue weighted by molar-refractivity contribution is 0.123. The number of hydrogen-bond donors (Lipinski definition) is 1. The van der Waals surface area contributed by atoms with Gasteiger partial charge in [0.1, 0.15) is 5.75 Å². The molecule has 0 aromatic heterocycles. The molecule has 2 nitrogen and oxygen atoms in total. The normalized spacial score (nSPS) is 25.6. The Morgan fingerprint density at radius 3 is 2.60 bits per heavy atom. The van der Waals surface area contributed by atoms with Gasteiger partial charge in [0.2, 0.25) is 0 Å². The molecule has 0 amide bonds. The highest BCUT2D eigenvalue weighted by Crippen LogP contribution is 2.51. The number of methoxy groups -OCH3 is 1. The highest BCUT2D eigenvalue weighted by Gasteiger charge is 2.46. The zero-order valence-electron chi connectivity index (χ0n) is 13.4. The third-order valence-electron chi connectivity index (χ3n) is 4.58. The summed E-state index contributed by atoms with van der Waals surface area (Å²) in [6.45, 7) is 7.79. The van der Waals surface area contributed by atoms with Crippen LogP contribution in [0.1, 0.15) is 52.0 Å². The molecule has 1 aromatic carbocycles. The van der Waals surface area contributed by atoms with E-state index in [0.717, 1.165) is 18.2 Å².